The zero-order valence-corrected chi connectivity index (χ0v) is 10.9. The van der Waals surface area contributed by atoms with Crippen LogP contribution >= 0.6 is 0 Å². The van der Waals surface area contributed by atoms with Gasteiger partial charge >= 0.3 is 6.41 Å². The molecule has 1 atom stereocenters. The summed E-state index contributed by atoms with van der Waals surface area (Å²) in [5.41, 5.74) is 0. The summed E-state index contributed by atoms with van der Waals surface area (Å²) in [5.74, 6) is 0. The van der Waals surface area contributed by atoms with E-state index >= 15 is 0 Å². The maximum atomic E-state index is 8.94. The van der Waals surface area contributed by atoms with Crippen molar-refractivity contribution in [1.29, 1.82) is 0 Å². The summed E-state index contributed by atoms with van der Waals surface area (Å²) in [4.78, 5) is 1.14. The second-order valence-corrected chi connectivity index (χ2v) is 3.45. The van der Waals surface area contributed by atoms with Gasteiger partial charge in [0.1, 0.15) is 6.54 Å². The predicted octanol–water partition coefficient (Wildman–Crippen LogP) is -3.37. The highest BCUT2D eigenvalue weighted by atomic mass is 35.5. The summed E-state index contributed by atoms with van der Waals surface area (Å²) in [6.07, 6.45) is -0.253. The second-order valence-electron chi connectivity index (χ2n) is 3.45. The first kappa shape index (κ1) is 17.5. The summed E-state index contributed by atoms with van der Waals surface area (Å²) in [5, 5.41) is 8.94. The zero-order chi connectivity index (χ0) is 11.0. The van der Waals surface area contributed by atoms with Crippen LogP contribution in [0, 0.1) is 0 Å². The van der Waals surface area contributed by atoms with Gasteiger partial charge in [0, 0.05) is 0 Å². The number of aliphatic hydroxyl groups excluding tert-OH is 1. The summed E-state index contributed by atoms with van der Waals surface area (Å²) < 4.78 is 11.0. The van der Waals surface area contributed by atoms with E-state index in [1.807, 2.05) is 13.8 Å². The molecule has 2 N–H and O–H groups in total. The Hall–Kier alpha value is 0.130. The van der Waals surface area contributed by atoms with Crippen LogP contribution in [0.3, 0.4) is 0 Å². The molecule has 0 rings (SSSR count). The molecule has 5 heteroatoms. The van der Waals surface area contributed by atoms with Crippen LogP contribution in [0.4, 0.5) is 0 Å². The van der Waals surface area contributed by atoms with Crippen molar-refractivity contribution in [2.45, 2.75) is 40.2 Å². The van der Waals surface area contributed by atoms with Gasteiger partial charge in [0.25, 0.3) is 0 Å². The van der Waals surface area contributed by atoms with Crippen LogP contribution in [0.1, 0.15) is 27.7 Å². The van der Waals surface area contributed by atoms with Crippen molar-refractivity contribution in [3.8, 4) is 0 Å². The van der Waals surface area contributed by atoms with Gasteiger partial charge in [-0.05, 0) is 27.7 Å². The van der Waals surface area contributed by atoms with Crippen molar-refractivity contribution in [3.05, 3.63) is 0 Å². The third-order valence-corrected chi connectivity index (χ3v) is 2.08. The van der Waals surface area contributed by atoms with Crippen LogP contribution in [0.5, 0.6) is 0 Å². The molecule has 0 amide bonds. The first-order valence-electron chi connectivity index (χ1n) is 5.36. The summed E-state index contributed by atoms with van der Waals surface area (Å²) in [7, 11) is 0. The maximum Gasteiger partial charge on any atom is 0.307 e. The van der Waals surface area contributed by atoms with Crippen molar-refractivity contribution in [2.75, 3.05) is 26.4 Å². The third-order valence-electron chi connectivity index (χ3n) is 2.08. The molecule has 0 bridgehead atoms. The van der Waals surface area contributed by atoms with Gasteiger partial charge in [-0.1, -0.05) is 0 Å². The summed E-state index contributed by atoms with van der Waals surface area (Å²) >= 11 is 0. The first-order chi connectivity index (χ1) is 6.67. The Balaban J connectivity index is 0. The van der Waals surface area contributed by atoms with E-state index in [1.165, 1.54) is 0 Å². The van der Waals surface area contributed by atoms with Crippen LogP contribution in [0.2, 0.25) is 0 Å². The van der Waals surface area contributed by atoms with E-state index in [2.05, 4.69) is 13.8 Å². The van der Waals surface area contributed by atoms with Gasteiger partial charge in [-0.15, -0.1) is 0 Å². The lowest BCUT2D eigenvalue weighted by atomic mass is 10.3. The minimum absolute atomic E-state index is 0. The van der Waals surface area contributed by atoms with Crippen LogP contribution in [0.25, 0.3) is 0 Å². The van der Waals surface area contributed by atoms with Gasteiger partial charge in [0.05, 0.1) is 25.9 Å². The molecule has 0 heterocycles. The lowest BCUT2D eigenvalue weighted by molar-refractivity contribution is -0.992. The number of nitrogens with one attached hydrogen (secondary N) is 1. The Labute approximate surface area is 99.0 Å². The standard InChI is InChI=1S/C10H23NO3.ClH/c1-5-13-10(14-6-2)11(7-8-12)9(3)4;/h9-10,12H,5-8H2,1-4H3;1H. The number of hydrogen-bond acceptors (Lipinski definition) is 3. The van der Waals surface area contributed by atoms with Gasteiger partial charge in [-0.2, -0.15) is 0 Å². The number of halogens is 1. The topological polar surface area (TPSA) is 43.1 Å². The highest BCUT2D eigenvalue weighted by Crippen LogP contribution is 1.88. The molecule has 1 unspecified atom stereocenters. The molecule has 0 aromatic rings. The number of hydrogen-bond donors (Lipinski definition) is 2. The Morgan fingerprint density at radius 1 is 1.13 bits per heavy atom. The number of ether oxygens (including phenoxy) is 2. The zero-order valence-electron chi connectivity index (χ0n) is 10.1. The smallest absolute Gasteiger partial charge is 0.307 e. The van der Waals surface area contributed by atoms with Crippen LogP contribution in [0.15, 0.2) is 0 Å². The molecule has 0 radical (unpaired) electrons. The van der Waals surface area contributed by atoms with E-state index in [1.54, 1.807) is 0 Å². The molecule has 15 heavy (non-hydrogen) atoms. The first-order valence-corrected chi connectivity index (χ1v) is 5.36. The van der Waals surface area contributed by atoms with E-state index in [9.17, 15) is 0 Å². The van der Waals surface area contributed by atoms with Crippen molar-refractivity contribution in [1.82, 2.24) is 0 Å². The number of aliphatic hydroxyl groups is 1. The Morgan fingerprint density at radius 2 is 1.60 bits per heavy atom. The molecule has 0 saturated heterocycles. The average molecular weight is 242 g/mol. The fourth-order valence-electron chi connectivity index (χ4n) is 1.37. The van der Waals surface area contributed by atoms with Crippen molar-refractivity contribution >= 4 is 0 Å². The molecule has 0 saturated carbocycles. The minimum Gasteiger partial charge on any atom is -1.00 e. The summed E-state index contributed by atoms with van der Waals surface area (Å²) in [6, 6.07) is 0.380. The normalized spacial score (nSPS) is 13.0. The molecule has 0 aliphatic rings. The van der Waals surface area contributed by atoms with Gasteiger partial charge < -0.3 is 27.0 Å². The fraction of sp³-hybridized carbons (Fsp3) is 1.00. The molecule has 0 aliphatic heterocycles. The quantitative estimate of drug-likeness (QED) is 0.436. The van der Waals surface area contributed by atoms with E-state index in [-0.39, 0.29) is 25.4 Å². The molecule has 4 nitrogen and oxygen atoms in total. The lowest BCUT2D eigenvalue weighted by Crippen LogP contribution is -3.19. The van der Waals surface area contributed by atoms with Gasteiger partial charge in [0.15, 0.2) is 0 Å². The highest BCUT2D eigenvalue weighted by Gasteiger charge is 2.25. The number of quaternary nitrogens is 1. The van der Waals surface area contributed by atoms with E-state index in [0.29, 0.717) is 25.8 Å². The molecular weight excluding hydrogens is 218 g/mol. The van der Waals surface area contributed by atoms with Crippen molar-refractivity contribution in [2.24, 2.45) is 0 Å². The minimum atomic E-state index is -0.253. The lowest BCUT2D eigenvalue weighted by Gasteiger charge is -2.29. The number of rotatable bonds is 8. The molecular formula is C10H24ClNO3. The summed E-state index contributed by atoms with van der Waals surface area (Å²) in [6.45, 7) is 10.2. The Kier molecular flexibility index (Phi) is 12.4. The van der Waals surface area contributed by atoms with Crippen molar-refractivity contribution in [3.63, 3.8) is 0 Å². The largest absolute Gasteiger partial charge is 1.00 e. The average Bonchev–Trinajstić information content (AvgIpc) is 2.13. The van der Waals surface area contributed by atoms with Gasteiger partial charge in [-0.3, -0.25) is 4.90 Å². The molecule has 94 valence electrons. The molecule has 0 fully saturated rings. The van der Waals surface area contributed by atoms with Crippen molar-refractivity contribution < 1.29 is 31.9 Å². The fourth-order valence-corrected chi connectivity index (χ4v) is 1.37. The SMILES string of the molecule is CCOC(OCC)[NH+](CCO)C(C)C.[Cl-]. The Morgan fingerprint density at radius 3 is 1.87 bits per heavy atom. The Bertz CT molecular complexity index is 130. The molecule has 0 aliphatic carbocycles. The molecule has 0 aromatic carbocycles. The van der Waals surface area contributed by atoms with Gasteiger partial charge in [-0.25, -0.2) is 0 Å². The predicted molar refractivity (Wildman–Crippen MR) is 55.1 cm³/mol. The van der Waals surface area contributed by atoms with E-state index in [0.717, 1.165) is 4.90 Å². The van der Waals surface area contributed by atoms with Crippen LogP contribution < -0.4 is 17.3 Å². The highest BCUT2D eigenvalue weighted by molar-refractivity contribution is 4.36. The maximum absolute atomic E-state index is 8.94. The monoisotopic (exact) mass is 241 g/mol. The third kappa shape index (κ3) is 7.09. The van der Waals surface area contributed by atoms with Gasteiger partial charge in [0.2, 0.25) is 0 Å². The van der Waals surface area contributed by atoms with Crippen LogP contribution in [-0.2, 0) is 9.47 Å². The molecule has 0 aromatic heterocycles. The van der Waals surface area contributed by atoms with E-state index in [4.69, 9.17) is 14.6 Å². The van der Waals surface area contributed by atoms with E-state index < -0.39 is 0 Å². The molecule has 0 spiro atoms. The van der Waals surface area contributed by atoms with Crippen LogP contribution in [-0.4, -0.2) is 43.9 Å². The second kappa shape index (κ2) is 10.6.